The van der Waals surface area contributed by atoms with Crippen LogP contribution in [0, 0.1) is 5.82 Å². The van der Waals surface area contributed by atoms with E-state index in [0.717, 1.165) is 27.6 Å². The number of amides is 4. The second-order valence-electron chi connectivity index (χ2n) is 7.14. The van der Waals surface area contributed by atoms with Gasteiger partial charge >= 0.3 is 6.03 Å². The van der Waals surface area contributed by atoms with Crippen molar-refractivity contribution in [2.75, 3.05) is 4.90 Å². The van der Waals surface area contributed by atoms with Gasteiger partial charge in [0.05, 0.1) is 5.69 Å². The summed E-state index contributed by atoms with van der Waals surface area (Å²) in [6.45, 7) is 0. The zero-order valence-electron chi connectivity index (χ0n) is 16.1. The molecule has 0 spiro atoms. The zero-order chi connectivity index (χ0) is 21.5. The number of barbiturate groups is 1. The highest BCUT2D eigenvalue weighted by Crippen LogP contribution is 2.32. The Bertz CT molecular complexity index is 1390. The molecule has 0 aliphatic carbocycles. The van der Waals surface area contributed by atoms with Crippen LogP contribution >= 0.6 is 0 Å². The van der Waals surface area contributed by atoms with Gasteiger partial charge in [-0.1, -0.05) is 60.7 Å². The van der Waals surface area contributed by atoms with Gasteiger partial charge in [-0.25, -0.2) is 14.1 Å². The average Bonchev–Trinajstić information content (AvgIpc) is 2.77. The number of fused-ring (bicyclic) bond motifs is 2. The van der Waals surface area contributed by atoms with Crippen molar-refractivity contribution in [3.8, 4) is 0 Å². The molecule has 1 N–H and O–H groups in total. The molecule has 4 aromatic rings. The predicted octanol–water partition coefficient (Wildman–Crippen LogP) is 4.80. The Balaban J connectivity index is 1.74. The molecule has 1 aliphatic rings. The van der Waals surface area contributed by atoms with E-state index in [0.29, 0.717) is 10.5 Å². The molecular weight excluding hydrogens is 395 g/mol. The summed E-state index contributed by atoms with van der Waals surface area (Å²) in [6, 6.07) is 21.7. The maximum atomic E-state index is 14.3. The molecule has 1 saturated heterocycles. The summed E-state index contributed by atoms with van der Waals surface area (Å²) >= 11 is 0. The lowest BCUT2D eigenvalue weighted by molar-refractivity contribution is -0.122. The van der Waals surface area contributed by atoms with Crippen LogP contribution in [0.15, 0.2) is 84.4 Å². The number of benzene rings is 4. The second-order valence-corrected chi connectivity index (χ2v) is 7.14. The number of carbonyl (C=O) groups is 3. The molecule has 0 atom stereocenters. The third-order valence-electron chi connectivity index (χ3n) is 5.30. The molecule has 0 unspecified atom stereocenters. The van der Waals surface area contributed by atoms with Gasteiger partial charge in [-0.15, -0.1) is 0 Å². The Labute approximate surface area is 176 Å². The van der Waals surface area contributed by atoms with Crippen molar-refractivity contribution >= 4 is 51.2 Å². The molecule has 1 heterocycles. The minimum absolute atomic E-state index is 0.217. The minimum Gasteiger partial charge on any atom is -0.273 e. The van der Waals surface area contributed by atoms with E-state index in [1.165, 1.54) is 24.3 Å². The molecule has 4 aromatic carbocycles. The summed E-state index contributed by atoms with van der Waals surface area (Å²) in [4.78, 5) is 38.8. The summed E-state index contributed by atoms with van der Waals surface area (Å²) in [5.41, 5.74) is 0.213. The van der Waals surface area contributed by atoms with Crippen LogP contribution in [-0.4, -0.2) is 17.8 Å². The molecule has 0 saturated carbocycles. The van der Waals surface area contributed by atoms with Crippen molar-refractivity contribution in [2.45, 2.75) is 0 Å². The van der Waals surface area contributed by atoms with Gasteiger partial charge in [0.1, 0.15) is 11.4 Å². The van der Waals surface area contributed by atoms with E-state index in [4.69, 9.17) is 0 Å². The summed E-state index contributed by atoms with van der Waals surface area (Å²) in [6.07, 6.45) is 1.47. The third kappa shape index (κ3) is 3.05. The normalized spacial score (nSPS) is 15.7. The summed E-state index contributed by atoms with van der Waals surface area (Å²) in [5.74, 6) is -2.44. The van der Waals surface area contributed by atoms with Gasteiger partial charge in [0.25, 0.3) is 11.8 Å². The van der Waals surface area contributed by atoms with E-state index < -0.39 is 23.7 Å². The molecule has 1 fully saturated rings. The first kappa shape index (κ1) is 18.7. The van der Waals surface area contributed by atoms with Gasteiger partial charge in [0.15, 0.2) is 0 Å². The largest absolute Gasteiger partial charge is 0.336 e. The van der Waals surface area contributed by atoms with Crippen LogP contribution in [0.5, 0.6) is 0 Å². The number of anilines is 1. The van der Waals surface area contributed by atoms with Gasteiger partial charge in [-0.05, 0) is 51.4 Å². The fourth-order valence-electron chi connectivity index (χ4n) is 3.86. The van der Waals surface area contributed by atoms with Crippen LogP contribution in [0.25, 0.3) is 27.6 Å². The Morgan fingerprint density at radius 1 is 0.774 bits per heavy atom. The molecule has 150 valence electrons. The van der Waals surface area contributed by atoms with E-state index in [2.05, 4.69) is 5.32 Å². The molecule has 0 radical (unpaired) electrons. The number of halogens is 1. The quantitative estimate of drug-likeness (QED) is 0.293. The van der Waals surface area contributed by atoms with Gasteiger partial charge in [0.2, 0.25) is 0 Å². The molecule has 4 amide bonds. The van der Waals surface area contributed by atoms with Crippen molar-refractivity contribution in [3.63, 3.8) is 0 Å². The number of rotatable bonds is 2. The number of urea groups is 1. The lowest BCUT2D eigenvalue weighted by Crippen LogP contribution is -2.54. The third-order valence-corrected chi connectivity index (χ3v) is 5.30. The van der Waals surface area contributed by atoms with Gasteiger partial charge < -0.3 is 0 Å². The lowest BCUT2D eigenvalue weighted by Gasteiger charge is -2.26. The van der Waals surface area contributed by atoms with Gasteiger partial charge in [-0.2, -0.15) is 0 Å². The first-order chi connectivity index (χ1) is 15.0. The first-order valence-corrected chi connectivity index (χ1v) is 9.61. The molecule has 0 bridgehead atoms. The highest BCUT2D eigenvalue weighted by molar-refractivity contribution is 6.39. The maximum Gasteiger partial charge on any atom is 0.336 e. The monoisotopic (exact) mass is 410 g/mol. The molecule has 31 heavy (non-hydrogen) atoms. The van der Waals surface area contributed by atoms with Crippen molar-refractivity contribution in [1.29, 1.82) is 0 Å². The number of imide groups is 2. The van der Waals surface area contributed by atoms with E-state index in [9.17, 15) is 18.8 Å². The van der Waals surface area contributed by atoms with Crippen molar-refractivity contribution in [2.24, 2.45) is 0 Å². The van der Waals surface area contributed by atoms with Gasteiger partial charge in [0, 0.05) is 0 Å². The Morgan fingerprint density at radius 2 is 1.35 bits per heavy atom. The summed E-state index contributed by atoms with van der Waals surface area (Å²) in [5, 5.41) is 5.73. The number of nitrogens with zero attached hydrogens (tertiary/aromatic N) is 1. The molecule has 6 heteroatoms. The molecule has 5 rings (SSSR count). The summed E-state index contributed by atoms with van der Waals surface area (Å²) in [7, 11) is 0. The highest BCUT2D eigenvalue weighted by atomic mass is 19.1. The number of para-hydroxylation sites is 1. The van der Waals surface area contributed by atoms with Crippen LogP contribution in [-0.2, 0) is 9.59 Å². The number of hydrogen-bond donors (Lipinski definition) is 1. The number of nitrogens with one attached hydrogen (secondary N) is 1. The Hall–Kier alpha value is -4.32. The average molecular weight is 410 g/mol. The van der Waals surface area contributed by atoms with E-state index >= 15 is 0 Å². The molecular formula is C25H15FN2O3. The Morgan fingerprint density at radius 3 is 2.00 bits per heavy atom. The van der Waals surface area contributed by atoms with Crippen LogP contribution in [0.4, 0.5) is 14.9 Å². The van der Waals surface area contributed by atoms with Gasteiger partial charge in [-0.3, -0.25) is 14.9 Å². The highest BCUT2D eigenvalue weighted by Gasteiger charge is 2.38. The lowest BCUT2D eigenvalue weighted by atomic mass is 9.94. The summed E-state index contributed by atoms with van der Waals surface area (Å²) < 4.78 is 14.3. The standard InChI is InChI=1S/C25H15FN2O3/c26-21-11-5-6-12-22(21)28-24(30)20(23(29)27-25(28)31)14-19-17-9-3-1-7-15(17)13-16-8-2-4-10-18(16)19/h1-14H,(H,27,29,31). The maximum absolute atomic E-state index is 14.3. The van der Waals surface area contributed by atoms with Crippen molar-refractivity contribution in [1.82, 2.24) is 5.32 Å². The SMILES string of the molecule is O=C1NC(=O)N(c2ccccc2F)C(=O)C1=Cc1c2ccccc2cc2ccccc12. The number of hydrogen-bond acceptors (Lipinski definition) is 3. The fraction of sp³-hybridized carbons (Fsp3) is 0. The first-order valence-electron chi connectivity index (χ1n) is 9.61. The van der Waals surface area contributed by atoms with Crippen molar-refractivity contribution < 1.29 is 18.8 Å². The second kappa shape index (κ2) is 7.18. The van der Waals surface area contributed by atoms with E-state index in [-0.39, 0.29) is 11.3 Å². The molecule has 0 aromatic heterocycles. The predicted molar refractivity (Wildman–Crippen MR) is 117 cm³/mol. The number of carbonyl (C=O) groups excluding carboxylic acids is 3. The molecule has 1 aliphatic heterocycles. The Kier molecular flexibility index (Phi) is 4.33. The van der Waals surface area contributed by atoms with Crippen LogP contribution in [0.2, 0.25) is 0 Å². The topological polar surface area (TPSA) is 66.5 Å². The van der Waals surface area contributed by atoms with Crippen LogP contribution in [0.1, 0.15) is 5.56 Å². The van der Waals surface area contributed by atoms with Crippen LogP contribution < -0.4 is 10.2 Å². The van der Waals surface area contributed by atoms with Crippen LogP contribution in [0.3, 0.4) is 0 Å². The van der Waals surface area contributed by atoms with E-state index in [1.807, 2.05) is 54.6 Å². The minimum atomic E-state index is -0.986. The van der Waals surface area contributed by atoms with Crippen molar-refractivity contribution in [3.05, 3.63) is 95.8 Å². The zero-order valence-corrected chi connectivity index (χ0v) is 16.1. The fourth-order valence-corrected chi connectivity index (χ4v) is 3.86. The van der Waals surface area contributed by atoms with E-state index in [1.54, 1.807) is 0 Å². The molecule has 5 nitrogen and oxygen atoms in total. The smallest absolute Gasteiger partial charge is 0.273 e.